The van der Waals surface area contributed by atoms with E-state index in [-0.39, 0.29) is 0 Å². The van der Waals surface area contributed by atoms with Crippen molar-refractivity contribution in [3.8, 4) is 11.4 Å². The summed E-state index contributed by atoms with van der Waals surface area (Å²) in [5, 5.41) is 8.35. The molecule has 0 spiro atoms. The number of amides is 1. The number of benzene rings is 2. The minimum absolute atomic E-state index is 0.413. The van der Waals surface area contributed by atoms with Crippen LogP contribution in [0.4, 0.5) is 5.95 Å². The number of hydrogen-bond acceptors (Lipinski definition) is 4. The Hall–Kier alpha value is -3.12. The predicted molar refractivity (Wildman–Crippen MR) is 105 cm³/mol. The number of aryl methyl sites for hydroxylation is 1. The Kier molecular flexibility index (Phi) is 4.20. The molecule has 0 bridgehead atoms. The van der Waals surface area contributed by atoms with Gasteiger partial charge in [0, 0.05) is 21.8 Å². The highest BCUT2D eigenvalue weighted by atomic mass is 35.5. The van der Waals surface area contributed by atoms with Gasteiger partial charge in [0.05, 0.1) is 5.57 Å². The molecule has 0 fully saturated rings. The van der Waals surface area contributed by atoms with Gasteiger partial charge in [0.1, 0.15) is 6.04 Å². The van der Waals surface area contributed by atoms with Crippen LogP contribution in [0.1, 0.15) is 24.1 Å². The van der Waals surface area contributed by atoms with Crippen LogP contribution in [0.15, 0.2) is 59.8 Å². The molecule has 7 heteroatoms. The highest BCUT2D eigenvalue weighted by Crippen LogP contribution is 2.38. The number of nitrogens with one attached hydrogen (secondary N) is 1. The van der Waals surface area contributed by atoms with E-state index in [0.717, 1.165) is 16.7 Å². The molecule has 4 rings (SSSR count). The second-order valence-corrected chi connectivity index (χ2v) is 6.93. The second-order valence-electron chi connectivity index (χ2n) is 6.53. The van der Waals surface area contributed by atoms with E-state index in [2.05, 4.69) is 15.4 Å². The van der Waals surface area contributed by atoms with Crippen molar-refractivity contribution >= 4 is 23.5 Å². The van der Waals surface area contributed by atoms with Crippen LogP contribution in [0.5, 0.6) is 0 Å². The lowest BCUT2D eigenvalue weighted by atomic mass is 9.95. The van der Waals surface area contributed by atoms with E-state index in [1.165, 1.54) is 0 Å². The fourth-order valence-electron chi connectivity index (χ4n) is 3.36. The number of aromatic nitrogens is 3. The van der Waals surface area contributed by atoms with Crippen molar-refractivity contribution in [3.05, 3.63) is 76.0 Å². The largest absolute Gasteiger partial charge is 0.366 e. The van der Waals surface area contributed by atoms with Crippen LogP contribution in [0, 0.1) is 6.92 Å². The summed E-state index contributed by atoms with van der Waals surface area (Å²) in [6, 6.07) is 14.8. The number of allylic oxidation sites excluding steroid dienone is 1. The van der Waals surface area contributed by atoms with E-state index < -0.39 is 11.9 Å². The van der Waals surface area contributed by atoms with Crippen molar-refractivity contribution < 1.29 is 4.79 Å². The van der Waals surface area contributed by atoms with Crippen molar-refractivity contribution in [1.29, 1.82) is 0 Å². The number of nitrogens with two attached hydrogens (primary N) is 1. The fraction of sp³-hybridized carbons (Fsp3) is 0.150. The number of nitrogens with zero attached hydrogens (tertiary/aromatic N) is 3. The lowest BCUT2D eigenvalue weighted by Crippen LogP contribution is -2.32. The summed E-state index contributed by atoms with van der Waals surface area (Å²) in [6.07, 6.45) is 0. The molecule has 0 saturated heterocycles. The number of hydrogen-bond donors (Lipinski definition) is 2. The minimum Gasteiger partial charge on any atom is -0.366 e. The van der Waals surface area contributed by atoms with Gasteiger partial charge in [-0.2, -0.15) is 4.98 Å². The van der Waals surface area contributed by atoms with Crippen molar-refractivity contribution in [2.45, 2.75) is 19.9 Å². The van der Waals surface area contributed by atoms with E-state index in [1.54, 1.807) is 17.7 Å². The molecule has 6 nitrogen and oxygen atoms in total. The van der Waals surface area contributed by atoms with E-state index in [1.807, 2.05) is 49.4 Å². The Morgan fingerprint density at radius 3 is 2.67 bits per heavy atom. The molecule has 0 aliphatic carbocycles. The molecule has 1 aliphatic heterocycles. The first kappa shape index (κ1) is 17.3. The smallest absolute Gasteiger partial charge is 0.248 e. The first-order valence-corrected chi connectivity index (χ1v) is 8.89. The molecular weight excluding hydrogens is 362 g/mol. The molecule has 2 heterocycles. The molecule has 2 aromatic carbocycles. The summed E-state index contributed by atoms with van der Waals surface area (Å²) < 4.78 is 1.67. The lowest BCUT2D eigenvalue weighted by molar-refractivity contribution is -0.115. The topological polar surface area (TPSA) is 85.8 Å². The van der Waals surface area contributed by atoms with Crippen LogP contribution in [0.2, 0.25) is 5.02 Å². The molecule has 1 amide bonds. The maximum atomic E-state index is 12.2. The zero-order valence-electron chi connectivity index (χ0n) is 14.9. The average molecular weight is 380 g/mol. The van der Waals surface area contributed by atoms with Gasteiger partial charge in [0.15, 0.2) is 5.82 Å². The SMILES string of the molecule is CC1=C(C(N)=O)[C@@H](c2ccccc2Cl)n2nc(-c3cccc(C)c3)nc2N1. The summed E-state index contributed by atoms with van der Waals surface area (Å²) in [5.41, 5.74) is 9.50. The first-order valence-electron chi connectivity index (χ1n) is 8.51. The van der Waals surface area contributed by atoms with Gasteiger partial charge in [-0.05, 0) is 26.0 Å². The molecule has 27 heavy (non-hydrogen) atoms. The Morgan fingerprint density at radius 1 is 1.19 bits per heavy atom. The van der Waals surface area contributed by atoms with Crippen LogP contribution in [-0.2, 0) is 4.79 Å². The van der Waals surface area contributed by atoms with Gasteiger partial charge in [0.25, 0.3) is 0 Å². The van der Waals surface area contributed by atoms with Crippen LogP contribution >= 0.6 is 11.6 Å². The number of carbonyl (C=O) groups is 1. The lowest BCUT2D eigenvalue weighted by Gasteiger charge is -2.28. The van der Waals surface area contributed by atoms with Gasteiger partial charge < -0.3 is 11.1 Å². The van der Waals surface area contributed by atoms with E-state index >= 15 is 0 Å². The Morgan fingerprint density at radius 2 is 1.96 bits per heavy atom. The molecule has 1 aromatic heterocycles. The van der Waals surface area contributed by atoms with Crippen LogP contribution in [-0.4, -0.2) is 20.7 Å². The van der Waals surface area contributed by atoms with Gasteiger partial charge >= 0.3 is 0 Å². The van der Waals surface area contributed by atoms with Gasteiger partial charge in [-0.1, -0.05) is 53.6 Å². The Bertz CT molecular complexity index is 1090. The molecule has 0 unspecified atom stereocenters. The first-order chi connectivity index (χ1) is 13.0. The summed E-state index contributed by atoms with van der Waals surface area (Å²) in [5.74, 6) is 0.582. The van der Waals surface area contributed by atoms with Crippen LogP contribution < -0.4 is 11.1 Å². The Balaban J connectivity index is 1.92. The molecule has 0 saturated carbocycles. The fourth-order valence-corrected chi connectivity index (χ4v) is 3.60. The normalized spacial score (nSPS) is 16.0. The Labute approximate surface area is 161 Å². The summed E-state index contributed by atoms with van der Waals surface area (Å²) in [4.78, 5) is 16.8. The average Bonchev–Trinajstić information content (AvgIpc) is 3.04. The highest BCUT2D eigenvalue weighted by molar-refractivity contribution is 6.31. The molecular formula is C20H18ClN5O. The minimum atomic E-state index is -0.543. The summed E-state index contributed by atoms with van der Waals surface area (Å²) in [6.45, 7) is 3.82. The molecule has 136 valence electrons. The predicted octanol–water partition coefficient (Wildman–Crippen LogP) is 3.68. The number of halogens is 1. The van der Waals surface area contributed by atoms with Crippen LogP contribution in [0.25, 0.3) is 11.4 Å². The quantitative estimate of drug-likeness (QED) is 0.726. The number of anilines is 1. The van der Waals surface area contributed by atoms with Gasteiger partial charge in [-0.25, -0.2) is 4.68 Å². The third kappa shape index (κ3) is 2.98. The maximum Gasteiger partial charge on any atom is 0.248 e. The van der Waals surface area contributed by atoms with Crippen molar-refractivity contribution in [1.82, 2.24) is 14.8 Å². The molecule has 0 radical (unpaired) electrons. The molecule has 1 aliphatic rings. The zero-order chi connectivity index (χ0) is 19.1. The van der Waals surface area contributed by atoms with Gasteiger partial charge in [0.2, 0.25) is 11.9 Å². The number of primary amides is 1. The summed E-state index contributed by atoms with van der Waals surface area (Å²) >= 11 is 6.43. The zero-order valence-corrected chi connectivity index (χ0v) is 15.7. The van der Waals surface area contributed by atoms with Gasteiger partial charge in [-0.15, -0.1) is 5.10 Å². The van der Waals surface area contributed by atoms with E-state index in [0.29, 0.717) is 28.1 Å². The number of carbonyl (C=O) groups excluding carboxylic acids is 1. The standard InChI is InChI=1S/C20H18ClN5O/c1-11-6-5-7-13(10-11)19-24-20-23-12(2)16(18(22)27)17(26(20)25-19)14-8-3-4-9-15(14)21/h3-10,17H,1-2H3,(H2,22,27)(H,23,24,25)/t17-/m1/s1. The van der Waals surface area contributed by atoms with Crippen LogP contribution in [0.3, 0.4) is 0 Å². The third-order valence-corrected chi connectivity index (χ3v) is 4.94. The maximum absolute atomic E-state index is 12.2. The summed E-state index contributed by atoms with van der Waals surface area (Å²) in [7, 11) is 0. The number of fused-ring (bicyclic) bond motifs is 1. The number of rotatable bonds is 3. The van der Waals surface area contributed by atoms with E-state index in [4.69, 9.17) is 17.3 Å². The second kappa shape index (κ2) is 6.55. The van der Waals surface area contributed by atoms with Gasteiger partial charge in [-0.3, -0.25) is 4.79 Å². The third-order valence-electron chi connectivity index (χ3n) is 4.59. The highest BCUT2D eigenvalue weighted by Gasteiger charge is 2.34. The molecule has 1 atom stereocenters. The van der Waals surface area contributed by atoms with Crippen molar-refractivity contribution in [2.75, 3.05) is 5.32 Å². The monoisotopic (exact) mass is 379 g/mol. The van der Waals surface area contributed by atoms with E-state index in [9.17, 15) is 4.79 Å². The molecule has 3 aromatic rings. The van der Waals surface area contributed by atoms with Crippen molar-refractivity contribution in [3.63, 3.8) is 0 Å². The van der Waals surface area contributed by atoms with Crippen molar-refractivity contribution in [2.24, 2.45) is 5.73 Å². The molecule has 3 N–H and O–H groups in total.